The zero-order chi connectivity index (χ0) is 20.3. The molecule has 3 rings (SSSR count). The molecule has 1 amide bonds. The molecule has 0 aliphatic rings. The average molecular weight is 436 g/mol. The molecule has 7 heteroatoms. The van der Waals surface area contributed by atoms with Gasteiger partial charge in [0.1, 0.15) is 11.3 Å². The van der Waals surface area contributed by atoms with E-state index in [-0.39, 0.29) is 24.1 Å². The molecule has 1 aromatic heterocycles. The Kier molecular flexibility index (Phi) is 8.14. The van der Waals surface area contributed by atoms with Gasteiger partial charge in [0.25, 0.3) is 0 Å². The molecule has 3 aromatic rings. The fourth-order valence-corrected chi connectivity index (χ4v) is 4.10. The molecule has 29 heavy (non-hydrogen) atoms. The Morgan fingerprint density at radius 2 is 1.86 bits per heavy atom. The molecular weight excluding hydrogens is 409 g/mol. The first-order valence-corrected chi connectivity index (χ1v) is 10.2. The molecule has 2 aromatic carbocycles. The van der Waals surface area contributed by atoms with Crippen LogP contribution in [0.25, 0.3) is 10.2 Å². The van der Waals surface area contributed by atoms with Gasteiger partial charge in [0.05, 0.1) is 11.1 Å². The standard InChI is InChI=1S/C22H26FN3OS.ClH/c1-15-9-10-17(13-16(15)2)14-20(27)26(12-6-11-25(3)4)22-24-21-18(23)7-5-8-19(21)28-22;/h5,7-10,13H,6,11-12,14H2,1-4H3;1H. The van der Waals surface area contributed by atoms with Gasteiger partial charge >= 0.3 is 0 Å². The van der Waals surface area contributed by atoms with Gasteiger partial charge in [0.2, 0.25) is 5.91 Å². The van der Waals surface area contributed by atoms with Gasteiger partial charge in [-0.25, -0.2) is 9.37 Å². The number of thiazole rings is 1. The summed E-state index contributed by atoms with van der Waals surface area (Å²) in [7, 11) is 4.02. The highest BCUT2D eigenvalue weighted by molar-refractivity contribution is 7.22. The largest absolute Gasteiger partial charge is 0.309 e. The molecule has 0 aliphatic carbocycles. The van der Waals surface area contributed by atoms with Crippen molar-refractivity contribution in [3.63, 3.8) is 0 Å². The number of hydrogen-bond donors (Lipinski definition) is 0. The molecule has 0 atom stereocenters. The molecule has 0 unspecified atom stereocenters. The molecular formula is C22H27ClFN3OS. The highest BCUT2D eigenvalue weighted by Crippen LogP contribution is 2.30. The number of aryl methyl sites for hydroxylation is 2. The summed E-state index contributed by atoms with van der Waals surface area (Å²) < 4.78 is 14.8. The van der Waals surface area contributed by atoms with Crippen LogP contribution in [-0.2, 0) is 11.2 Å². The van der Waals surface area contributed by atoms with E-state index >= 15 is 0 Å². The summed E-state index contributed by atoms with van der Waals surface area (Å²) in [6.07, 6.45) is 1.13. The molecule has 0 aliphatic heterocycles. The lowest BCUT2D eigenvalue weighted by Crippen LogP contribution is -2.34. The Labute approximate surface area is 181 Å². The van der Waals surface area contributed by atoms with Crippen LogP contribution < -0.4 is 4.90 Å². The van der Waals surface area contributed by atoms with Crippen LogP contribution in [0.4, 0.5) is 9.52 Å². The number of anilines is 1. The molecule has 156 valence electrons. The molecule has 0 bridgehead atoms. The van der Waals surface area contributed by atoms with Crippen LogP contribution in [0.1, 0.15) is 23.1 Å². The molecule has 0 saturated heterocycles. The maximum atomic E-state index is 14.1. The van der Waals surface area contributed by atoms with Crippen LogP contribution in [0, 0.1) is 19.7 Å². The molecule has 0 saturated carbocycles. The van der Waals surface area contributed by atoms with E-state index in [2.05, 4.69) is 29.8 Å². The molecule has 4 nitrogen and oxygen atoms in total. The van der Waals surface area contributed by atoms with E-state index in [9.17, 15) is 9.18 Å². The predicted molar refractivity (Wildman–Crippen MR) is 122 cm³/mol. The SMILES string of the molecule is Cc1ccc(CC(=O)N(CCCN(C)C)c2nc3c(F)cccc3s2)cc1C.Cl. The Morgan fingerprint density at radius 3 is 2.52 bits per heavy atom. The third-order valence-corrected chi connectivity index (χ3v) is 5.85. The minimum absolute atomic E-state index is 0. The summed E-state index contributed by atoms with van der Waals surface area (Å²) in [4.78, 5) is 21.4. The second-order valence-corrected chi connectivity index (χ2v) is 8.39. The van der Waals surface area contributed by atoms with Gasteiger partial charge in [-0.3, -0.25) is 9.69 Å². The van der Waals surface area contributed by atoms with Gasteiger partial charge in [0, 0.05) is 6.54 Å². The van der Waals surface area contributed by atoms with Crippen LogP contribution in [0.15, 0.2) is 36.4 Å². The molecule has 0 spiro atoms. The quantitative estimate of drug-likeness (QED) is 0.524. The topological polar surface area (TPSA) is 36.4 Å². The lowest BCUT2D eigenvalue weighted by atomic mass is 10.0. The smallest absolute Gasteiger partial charge is 0.233 e. The van der Waals surface area contributed by atoms with Crippen molar-refractivity contribution >= 4 is 45.0 Å². The third kappa shape index (κ3) is 5.75. The Morgan fingerprint density at radius 1 is 1.10 bits per heavy atom. The van der Waals surface area contributed by atoms with Crippen molar-refractivity contribution < 1.29 is 9.18 Å². The van der Waals surface area contributed by atoms with Crippen molar-refractivity contribution in [1.29, 1.82) is 0 Å². The minimum atomic E-state index is -0.352. The number of benzene rings is 2. The number of hydrogen-bond acceptors (Lipinski definition) is 4. The summed E-state index contributed by atoms with van der Waals surface area (Å²) in [5, 5.41) is 0.563. The Bertz CT molecular complexity index is 989. The highest BCUT2D eigenvalue weighted by Gasteiger charge is 2.21. The van der Waals surface area contributed by atoms with Crippen LogP contribution >= 0.6 is 23.7 Å². The van der Waals surface area contributed by atoms with E-state index in [1.165, 1.54) is 28.5 Å². The minimum Gasteiger partial charge on any atom is -0.309 e. The number of aromatic nitrogens is 1. The molecule has 0 radical (unpaired) electrons. The van der Waals surface area contributed by atoms with Crippen molar-refractivity contribution in [2.24, 2.45) is 0 Å². The normalized spacial score (nSPS) is 11.0. The second-order valence-electron chi connectivity index (χ2n) is 7.38. The number of amides is 1. The highest BCUT2D eigenvalue weighted by atomic mass is 35.5. The summed E-state index contributed by atoms with van der Waals surface area (Å²) >= 11 is 1.36. The zero-order valence-corrected chi connectivity index (χ0v) is 18.9. The monoisotopic (exact) mass is 435 g/mol. The number of rotatable bonds is 7. The number of para-hydroxylation sites is 1. The summed E-state index contributed by atoms with van der Waals surface area (Å²) in [5.74, 6) is -0.365. The fourth-order valence-electron chi connectivity index (χ4n) is 3.07. The number of fused-ring (bicyclic) bond motifs is 1. The van der Waals surface area contributed by atoms with Crippen LogP contribution in [0.2, 0.25) is 0 Å². The zero-order valence-electron chi connectivity index (χ0n) is 17.2. The van der Waals surface area contributed by atoms with Crippen molar-refractivity contribution in [2.75, 3.05) is 32.1 Å². The first-order valence-electron chi connectivity index (χ1n) is 9.41. The van der Waals surface area contributed by atoms with E-state index in [0.29, 0.717) is 23.6 Å². The van der Waals surface area contributed by atoms with Crippen molar-refractivity contribution in [3.05, 3.63) is 58.9 Å². The van der Waals surface area contributed by atoms with Gasteiger partial charge < -0.3 is 4.90 Å². The van der Waals surface area contributed by atoms with Crippen LogP contribution in [-0.4, -0.2) is 43.0 Å². The van der Waals surface area contributed by atoms with E-state index in [0.717, 1.165) is 23.2 Å². The van der Waals surface area contributed by atoms with Crippen molar-refractivity contribution in [1.82, 2.24) is 9.88 Å². The van der Waals surface area contributed by atoms with Gasteiger partial charge in [0.15, 0.2) is 5.13 Å². The van der Waals surface area contributed by atoms with Crippen LogP contribution in [0.5, 0.6) is 0 Å². The van der Waals surface area contributed by atoms with Crippen molar-refractivity contribution in [2.45, 2.75) is 26.7 Å². The third-order valence-electron chi connectivity index (χ3n) is 4.80. The van der Waals surface area contributed by atoms with Gasteiger partial charge in [-0.2, -0.15) is 0 Å². The van der Waals surface area contributed by atoms with Crippen molar-refractivity contribution in [3.8, 4) is 0 Å². The summed E-state index contributed by atoms with van der Waals surface area (Å²) in [6, 6.07) is 11.0. The first kappa shape index (κ1) is 23.3. The number of carbonyl (C=O) groups is 1. The average Bonchev–Trinajstić information content (AvgIpc) is 3.07. The van der Waals surface area contributed by atoms with E-state index in [1.807, 2.05) is 32.3 Å². The summed E-state index contributed by atoms with van der Waals surface area (Å²) in [5.41, 5.74) is 3.70. The lowest BCUT2D eigenvalue weighted by molar-refractivity contribution is -0.118. The Hall–Kier alpha value is -2.02. The fraction of sp³-hybridized carbons (Fsp3) is 0.364. The van der Waals surface area contributed by atoms with E-state index in [1.54, 1.807) is 11.0 Å². The predicted octanol–water partition coefficient (Wildman–Crippen LogP) is 5.00. The number of nitrogens with zero attached hydrogens (tertiary/aromatic N) is 3. The maximum absolute atomic E-state index is 14.1. The molecule has 0 N–H and O–H groups in total. The van der Waals surface area contributed by atoms with Gasteiger partial charge in [-0.15, -0.1) is 12.4 Å². The molecule has 0 fully saturated rings. The molecule has 1 heterocycles. The first-order chi connectivity index (χ1) is 13.3. The van der Waals surface area contributed by atoms with Gasteiger partial charge in [-0.05, 0) is 69.7 Å². The van der Waals surface area contributed by atoms with Crippen LogP contribution in [0.3, 0.4) is 0 Å². The summed E-state index contributed by atoms with van der Waals surface area (Å²) in [6.45, 7) is 5.54. The lowest BCUT2D eigenvalue weighted by Gasteiger charge is -2.21. The van der Waals surface area contributed by atoms with E-state index in [4.69, 9.17) is 0 Å². The number of halogens is 2. The Balaban J connectivity index is 0.00000300. The second kappa shape index (κ2) is 10.1. The number of carbonyl (C=O) groups excluding carboxylic acids is 1. The van der Waals surface area contributed by atoms with E-state index < -0.39 is 0 Å². The van der Waals surface area contributed by atoms with Gasteiger partial charge in [-0.1, -0.05) is 35.6 Å². The maximum Gasteiger partial charge on any atom is 0.233 e.